The summed E-state index contributed by atoms with van der Waals surface area (Å²) in [5.41, 5.74) is 5.30. The minimum Gasteiger partial charge on any atom is -0.370 e. The lowest BCUT2D eigenvalue weighted by molar-refractivity contribution is 0.0995. The van der Waals surface area contributed by atoms with Crippen molar-refractivity contribution in [2.75, 3.05) is 11.9 Å². The van der Waals surface area contributed by atoms with Crippen LogP contribution in [0.15, 0.2) is 12.1 Å². The van der Waals surface area contributed by atoms with Crippen LogP contribution < -0.4 is 11.1 Å². The van der Waals surface area contributed by atoms with E-state index in [0.717, 1.165) is 12.5 Å². The van der Waals surface area contributed by atoms with Crippen molar-refractivity contribution >= 4 is 11.7 Å². The minimum absolute atomic E-state index is 0.189. The van der Waals surface area contributed by atoms with Gasteiger partial charge >= 0.3 is 0 Å². The number of nitrogens with two attached hydrogens (primary N) is 1. The van der Waals surface area contributed by atoms with Crippen molar-refractivity contribution in [3.8, 4) is 0 Å². The number of hydrogen-bond acceptors (Lipinski definition) is 3. The molecule has 0 aliphatic heterocycles. The Kier molecular flexibility index (Phi) is 2.85. The molecule has 1 saturated carbocycles. The number of aromatic nitrogens is 1. The molecule has 0 spiro atoms. The first-order valence-electron chi connectivity index (χ1n) is 5.18. The maximum atomic E-state index is 10.9. The van der Waals surface area contributed by atoms with Crippen molar-refractivity contribution in [3.63, 3.8) is 0 Å². The van der Waals surface area contributed by atoms with Gasteiger partial charge in [-0.25, -0.2) is 4.98 Å². The van der Waals surface area contributed by atoms with Crippen molar-refractivity contribution < 1.29 is 4.79 Å². The number of nitrogens with one attached hydrogen (secondary N) is 1. The number of primary amides is 1. The Morgan fingerprint density at radius 1 is 1.67 bits per heavy atom. The predicted molar refractivity (Wildman–Crippen MR) is 57.4 cm³/mol. The molecule has 2 rings (SSSR count). The molecule has 4 heteroatoms. The van der Waals surface area contributed by atoms with Gasteiger partial charge in [-0.05, 0) is 30.9 Å². The van der Waals surface area contributed by atoms with E-state index in [1.807, 2.05) is 0 Å². The molecular formula is C11H14N3O. The SMILES string of the molecule is NC(=O)c1[c]ccc(NCC2CCC2)n1. The molecule has 15 heavy (non-hydrogen) atoms. The summed E-state index contributed by atoms with van der Waals surface area (Å²) in [5.74, 6) is 0.921. The van der Waals surface area contributed by atoms with Gasteiger partial charge in [0.2, 0.25) is 0 Å². The number of pyridine rings is 1. The van der Waals surface area contributed by atoms with E-state index >= 15 is 0 Å². The van der Waals surface area contributed by atoms with Gasteiger partial charge in [-0.3, -0.25) is 4.79 Å². The number of hydrogen-bond donors (Lipinski definition) is 2. The highest BCUT2D eigenvalue weighted by Crippen LogP contribution is 2.26. The Morgan fingerprint density at radius 3 is 3.07 bits per heavy atom. The maximum Gasteiger partial charge on any atom is 0.268 e. The standard InChI is InChI=1S/C11H14N3O/c12-11(15)9-5-2-6-10(14-9)13-7-8-3-1-4-8/h2,6,8H,1,3-4,7H2,(H2,12,15)(H,13,14). The van der Waals surface area contributed by atoms with Crippen LogP contribution in [-0.4, -0.2) is 17.4 Å². The average molecular weight is 204 g/mol. The molecule has 0 bridgehead atoms. The number of amides is 1. The lowest BCUT2D eigenvalue weighted by Gasteiger charge is -2.25. The van der Waals surface area contributed by atoms with Crippen LogP contribution in [0.5, 0.6) is 0 Å². The van der Waals surface area contributed by atoms with Gasteiger partial charge in [0, 0.05) is 12.6 Å². The summed E-state index contributed by atoms with van der Waals surface area (Å²) in [6.07, 6.45) is 3.90. The van der Waals surface area contributed by atoms with Gasteiger partial charge < -0.3 is 11.1 Å². The Morgan fingerprint density at radius 2 is 2.47 bits per heavy atom. The van der Waals surface area contributed by atoms with Crippen LogP contribution >= 0.6 is 0 Å². The second kappa shape index (κ2) is 4.29. The van der Waals surface area contributed by atoms with Gasteiger partial charge in [-0.2, -0.15) is 0 Å². The Labute approximate surface area is 88.9 Å². The molecular weight excluding hydrogens is 190 g/mol. The number of rotatable bonds is 4. The van der Waals surface area contributed by atoms with E-state index in [1.54, 1.807) is 12.1 Å². The van der Waals surface area contributed by atoms with Gasteiger partial charge in [0.15, 0.2) is 0 Å². The summed E-state index contributed by atoms with van der Waals surface area (Å²) >= 11 is 0. The second-order valence-corrected chi connectivity index (χ2v) is 3.87. The topological polar surface area (TPSA) is 68.0 Å². The van der Waals surface area contributed by atoms with Gasteiger partial charge in [-0.15, -0.1) is 0 Å². The monoisotopic (exact) mass is 204 g/mol. The van der Waals surface area contributed by atoms with E-state index in [2.05, 4.69) is 16.4 Å². The van der Waals surface area contributed by atoms with E-state index in [9.17, 15) is 4.79 Å². The molecule has 1 amide bonds. The Bertz CT molecular complexity index is 361. The van der Waals surface area contributed by atoms with Crippen LogP contribution in [0.3, 0.4) is 0 Å². The minimum atomic E-state index is -0.540. The van der Waals surface area contributed by atoms with E-state index in [0.29, 0.717) is 5.82 Å². The van der Waals surface area contributed by atoms with E-state index in [-0.39, 0.29) is 5.69 Å². The molecule has 0 saturated heterocycles. The highest BCUT2D eigenvalue weighted by molar-refractivity contribution is 5.90. The fraction of sp³-hybridized carbons (Fsp3) is 0.455. The first-order valence-corrected chi connectivity index (χ1v) is 5.18. The number of nitrogens with zero attached hydrogens (tertiary/aromatic N) is 1. The van der Waals surface area contributed by atoms with Crippen molar-refractivity contribution in [1.29, 1.82) is 0 Å². The third-order valence-electron chi connectivity index (χ3n) is 2.72. The van der Waals surface area contributed by atoms with Gasteiger partial charge in [-0.1, -0.05) is 6.42 Å². The van der Waals surface area contributed by atoms with Crippen LogP contribution in [0, 0.1) is 12.0 Å². The van der Waals surface area contributed by atoms with Gasteiger partial charge in [0.05, 0.1) is 0 Å². The molecule has 1 aromatic rings. The molecule has 1 aliphatic rings. The molecule has 1 radical (unpaired) electrons. The Balaban J connectivity index is 1.94. The largest absolute Gasteiger partial charge is 0.370 e. The summed E-state index contributed by atoms with van der Waals surface area (Å²) in [7, 11) is 0. The van der Waals surface area contributed by atoms with E-state index in [1.165, 1.54) is 19.3 Å². The predicted octanol–water partition coefficient (Wildman–Crippen LogP) is 1.19. The zero-order chi connectivity index (χ0) is 10.7. The normalized spacial score (nSPS) is 15.7. The van der Waals surface area contributed by atoms with Crippen LogP contribution in [0.1, 0.15) is 29.8 Å². The summed E-state index contributed by atoms with van der Waals surface area (Å²) in [5, 5.41) is 3.20. The molecule has 3 N–H and O–H groups in total. The van der Waals surface area contributed by atoms with Crippen LogP contribution in [0.2, 0.25) is 0 Å². The van der Waals surface area contributed by atoms with Crippen molar-refractivity contribution in [3.05, 3.63) is 23.9 Å². The van der Waals surface area contributed by atoms with Gasteiger partial charge in [0.25, 0.3) is 5.91 Å². The third kappa shape index (κ3) is 2.46. The summed E-state index contributed by atoms with van der Waals surface area (Å²) in [4.78, 5) is 14.9. The van der Waals surface area contributed by atoms with Crippen molar-refractivity contribution in [2.24, 2.45) is 11.7 Å². The fourth-order valence-electron chi connectivity index (χ4n) is 1.56. The zero-order valence-electron chi connectivity index (χ0n) is 8.49. The summed E-state index contributed by atoms with van der Waals surface area (Å²) in [6, 6.07) is 6.16. The molecule has 1 heterocycles. The molecule has 0 atom stereocenters. The highest BCUT2D eigenvalue weighted by atomic mass is 16.1. The van der Waals surface area contributed by atoms with Crippen LogP contribution in [-0.2, 0) is 0 Å². The van der Waals surface area contributed by atoms with Crippen LogP contribution in [0.25, 0.3) is 0 Å². The van der Waals surface area contributed by atoms with E-state index < -0.39 is 5.91 Å². The smallest absolute Gasteiger partial charge is 0.268 e. The van der Waals surface area contributed by atoms with E-state index in [4.69, 9.17) is 5.73 Å². The molecule has 1 aliphatic carbocycles. The lowest BCUT2D eigenvalue weighted by Crippen LogP contribution is -2.22. The fourth-order valence-corrected chi connectivity index (χ4v) is 1.56. The molecule has 0 aromatic carbocycles. The zero-order valence-corrected chi connectivity index (χ0v) is 8.49. The quantitative estimate of drug-likeness (QED) is 0.774. The van der Waals surface area contributed by atoms with Gasteiger partial charge in [0.1, 0.15) is 11.5 Å². The third-order valence-corrected chi connectivity index (χ3v) is 2.72. The Hall–Kier alpha value is -1.58. The molecule has 0 unspecified atom stereocenters. The second-order valence-electron chi connectivity index (χ2n) is 3.87. The van der Waals surface area contributed by atoms with Crippen molar-refractivity contribution in [2.45, 2.75) is 19.3 Å². The summed E-state index contributed by atoms with van der Waals surface area (Å²) in [6.45, 7) is 0.926. The summed E-state index contributed by atoms with van der Waals surface area (Å²) < 4.78 is 0. The molecule has 1 aromatic heterocycles. The number of carbonyl (C=O) groups excluding carboxylic acids is 1. The number of carbonyl (C=O) groups is 1. The first-order chi connectivity index (χ1) is 7.25. The maximum absolute atomic E-state index is 10.9. The molecule has 79 valence electrons. The highest BCUT2D eigenvalue weighted by Gasteiger charge is 2.16. The average Bonchev–Trinajstić information content (AvgIpc) is 2.16. The molecule has 4 nitrogen and oxygen atoms in total. The first kappa shape index (κ1) is 9.96. The van der Waals surface area contributed by atoms with Crippen molar-refractivity contribution in [1.82, 2.24) is 4.98 Å². The van der Waals surface area contributed by atoms with Crippen LogP contribution in [0.4, 0.5) is 5.82 Å². The molecule has 1 fully saturated rings. The lowest BCUT2D eigenvalue weighted by atomic mass is 9.85. The number of anilines is 1.